The number of rotatable bonds is 9. The number of carbonyl (C=O) groups is 1. The van der Waals surface area contributed by atoms with Crippen molar-refractivity contribution in [1.82, 2.24) is 0 Å². The van der Waals surface area contributed by atoms with E-state index in [9.17, 15) is 9.59 Å². The van der Waals surface area contributed by atoms with Crippen LogP contribution in [0.3, 0.4) is 0 Å². The molecular weight excluding hydrogens is 442 g/mol. The molecule has 0 aliphatic carbocycles. The van der Waals surface area contributed by atoms with E-state index in [4.69, 9.17) is 13.9 Å². The minimum absolute atomic E-state index is 0.00316. The van der Waals surface area contributed by atoms with Gasteiger partial charge in [-0.2, -0.15) is 0 Å². The van der Waals surface area contributed by atoms with Gasteiger partial charge in [-0.15, -0.1) is 0 Å². The standard InChI is InChI=1S/C29H29NO5/c1-4-5-6-20-8-12-22(13-9-20)30-26(31)18-34-29-27(32)24-16-7-19(2)17-25(24)35-28(29)21-10-14-23(33-3)15-11-21/h7-17H,4-6,18H2,1-3H3,(H,30,31). The van der Waals surface area contributed by atoms with Crippen LogP contribution in [0.4, 0.5) is 5.69 Å². The summed E-state index contributed by atoms with van der Waals surface area (Å²) < 4.78 is 17.1. The highest BCUT2D eigenvalue weighted by molar-refractivity contribution is 5.92. The highest BCUT2D eigenvalue weighted by atomic mass is 16.5. The van der Waals surface area contributed by atoms with Crippen molar-refractivity contribution >= 4 is 22.6 Å². The van der Waals surface area contributed by atoms with Crippen LogP contribution in [-0.4, -0.2) is 19.6 Å². The van der Waals surface area contributed by atoms with Crippen LogP contribution in [0.15, 0.2) is 75.9 Å². The Kier molecular flexibility index (Phi) is 7.51. The number of aryl methyl sites for hydroxylation is 2. The molecule has 1 amide bonds. The van der Waals surface area contributed by atoms with Crippen LogP contribution in [-0.2, 0) is 11.2 Å². The Bertz CT molecular complexity index is 1370. The molecule has 1 aromatic heterocycles. The summed E-state index contributed by atoms with van der Waals surface area (Å²) in [4.78, 5) is 25.9. The quantitative estimate of drug-likeness (QED) is 0.317. The third-order valence-corrected chi connectivity index (χ3v) is 5.76. The average molecular weight is 472 g/mol. The number of fused-ring (bicyclic) bond motifs is 1. The Balaban J connectivity index is 1.58. The van der Waals surface area contributed by atoms with Gasteiger partial charge >= 0.3 is 0 Å². The summed E-state index contributed by atoms with van der Waals surface area (Å²) in [6.45, 7) is 3.76. The third-order valence-electron chi connectivity index (χ3n) is 5.76. The number of hydrogen-bond donors (Lipinski definition) is 1. The van der Waals surface area contributed by atoms with Crippen LogP contribution in [0, 0.1) is 6.92 Å². The van der Waals surface area contributed by atoms with E-state index in [1.54, 1.807) is 37.4 Å². The number of amides is 1. The highest BCUT2D eigenvalue weighted by Gasteiger charge is 2.19. The molecule has 0 saturated heterocycles. The van der Waals surface area contributed by atoms with Crippen molar-refractivity contribution in [2.24, 2.45) is 0 Å². The van der Waals surface area contributed by atoms with E-state index in [0.29, 0.717) is 28.0 Å². The van der Waals surface area contributed by atoms with E-state index < -0.39 is 0 Å². The number of unbranched alkanes of at least 4 members (excludes halogenated alkanes) is 1. The van der Waals surface area contributed by atoms with Gasteiger partial charge in [0.05, 0.1) is 12.5 Å². The fourth-order valence-electron chi connectivity index (χ4n) is 3.82. The first-order valence-electron chi connectivity index (χ1n) is 11.7. The Morgan fingerprint density at radius 2 is 1.74 bits per heavy atom. The molecule has 1 N–H and O–H groups in total. The molecule has 0 fully saturated rings. The van der Waals surface area contributed by atoms with Gasteiger partial charge in [-0.05, 0) is 79.4 Å². The second kappa shape index (κ2) is 10.9. The van der Waals surface area contributed by atoms with Crippen LogP contribution in [0.2, 0.25) is 0 Å². The molecule has 1 heterocycles. The van der Waals surface area contributed by atoms with Gasteiger partial charge in [0.15, 0.2) is 12.4 Å². The van der Waals surface area contributed by atoms with Crippen molar-refractivity contribution in [2.75, 3.05) is 19.0 Å². The smallest absolute Gasteiger partial charge is 0.262 e. The molecule has 0 atom stereocenters. The normalized spacial score (nSPS) is 10.8. The third kappa shape index (κ3) is 5.72. The van der Waals surface area contributed by atoms with Crippen molar-refractivity contribution in [3.8, 4) is 22.8 Å². The number of nitrogens with one attached hydrogen (secondary N) is 1. The summed E-state index contributed by atoms with van der Waals surface area (Å²) in [5.41, 5.74) is 3.65. The molecule has 3 aromatic carbocycles. The number of benzene rings is 3. The molecule has 0 radical (unpaired) electrons. The van der Waals surface area contributed by atoms with Gasteiger partial charge in [0.1, 0.15) is 11.3 Å². The predicted octanol–water partition coefficient (Wildman–Crippen LogP) is 6.14. The lowest BCUT2D eigenvalue weighted by Gasteiger charge is -2.13. The first kappa shape index (κ1) is 24.1. The Hall–Kier alpha value is -4.06. The molecule has 6 nitrogen and oxygen atoms in total. The van der Waals surface area contributed by atoms with Crippen LogP contribution < -0.4 is 20.2 Å². The minimum atomic E-state index is -0.365. The summed E-state index contributed by atoms with van der Waals surface area (Å²) in [6, 6.07) is 20.2. The number of anilines is 1. The van der Waals surface area contributed by atoms with E-state index in [1.807, 2.05) is 43.3 Å². The SMILES string of the molecule is CCCCc1ccc(NC(=O)COc2c(-c3ccc(OC)cc3)oc3cc(C)ccc3c2=O)cc1. The molecular formula is C29H29NO5. The maximum absolute atomic E-state index is 13.3. The monoisotopic (exact) mass is 471 g/mol. The van der Waals surface area contributed by atoms with E-state index in [1.165, 1.54) is 5.56 Å². The van der Waals surface area contributed by atoms with Gasteiger partial charge in [-0.3, -0.25) is 9.59 Å². The van der Waals surface area contributed by atoms with Gasteiger partial charge in [-0.1, -0.05) is 31.5 Å². The number of hydrogen-bond acceptors (Lipinski definition) is 5. The van der Waals surface area contributed by atoms with E-state index >= 15 is 0 Å². The molecule has 180 valence electrons. The molecule has 4 rings (SSSR count). The molecule has 0 aliphatic rings. The Labute approximate surface area is 204 Å². The average Bonchev–Trinajstić information content (AvgIpc) is 2.87. The zero-order chi connectivity index (χ0) is 24.8. The second-order valence-electron chi connectivity index (χ2n) is 8.45. The first-order chi connectivity index (χ1) is 17.0. The molecule has 0 unspecified atom stereocenters. The summed E-state index contributed by atoms with van der Waals surface area (Å²) in [5.74, 6) is 0.575. The topological polar surface area (TPSA) is 77.8 Å². The van der Waals surface area contributed by atoms with Crippen molar-refractivity contribution < 1.29 is 18.7 Å². The lowest BCUT2D eigenvalue weighted by molar-refractivity contribution is -0.118. The minimum Gasteiger partial charge on any atom is -0.497 e. The van der Waals surface area contributed by atoms with Crippen molar-refractivity contribution in [3.05, 3.63) is 88.1 Å². The van der Waals surface area contributed by atoms with Gasteiger partial charge < -0.3 is 19.2 Å². The van der Waals surface area contributed by atoms with E-state index in [2.05, 4.69) is 12.2 Å². The second-order valence-corrected chi connectivity index (χ2v) is 8.45. The molecule has 0 aliphatic heterocycles. The van der Waals surface area contributed by atoms with E-state index in [0.717, 1.165) is 24.8 Å². The predicted molar refractivity (Wildman–Crippen MR) is 138 cm³/mol. The van der Waals surface area contributed by atoms with Crippen molar-refractivity contribution in [2.45, 2.75) is 33.1 Å². The lowest BCUT2D eigenvalue weighted by atomic mass is 10.1. The maximum atomic E-state index is 13.3. The van der Waals surface area contributed by atoms with Gasteiger partial charge in [0, 0.05) is 11.3 Å². The van der Waals surface area contributed by atoms with E-state index in [-0.39, 0.29) is 29.5 Å². The maximum Gasteiger partial charge on any atom is 0.262 e. The number of methoxy groups -OCH3 is 1. The highest BCUT2D eigenvalue weighted by Crippen LogP contribution is 2.32. The summed E-state index contributed by atoms with van der Waals surface area (Å²) in [6.07, 6.45) is 3.28. The molecule has 0 spiro atoms. The van der Waals surface area contributed by atoms with Crippen molar-refractivity contribution in [1.29, 1.82) is 0 Å². The largest absolute Gasteiger partial charge is 0.497 e. The zero-order valence-electron chi connectivity index (χ0n) is 20.2. The van der Waals surface area contributed by atoms with Crippen LogP contribution >= 0.6 is 0 Å². The molecule has 0 saturated carbocycles. The molecule has 35 heavy (non-hydrogen) atoms. The number of ether oxygens (including phenoxy) is 2. The fourth-order valence-corrected chi connectivity index (χ4v) is 3.82. The van der Waals surface area contributed by atoms with Crippen molar-refractivity contribution in [3.63, 3.8) is 0 Å². The summed E-state index contributed by atoms with van der Waals surface area (Å²) in [7, 11) is 1.58. The molecule has 4 aromatic rings. The Morgan fingerprint density at radius 3 is 2.43 bits per heavy atom. The van der Waals surface area contributed by atoms with Gasteiger partial charge in [0.2, 0.25) is 11.2 Å². The Morgan fingerprint density at radius 1 is 1.00 bits per heavy atom. The lowest BCUT2D eigenvalue weighted by Crippen LogP contribution is -2.22. The van der Waals surface area contributed by atoms with Crippen LogP contribution in [0.5, 0.6) is 11.5 Å². The summed E-state index contributed by atoms with van der Waals surface area (Å²) in [5, 5.41) is 3.22. The number of carbonyl (C=O) groups excluding carboxylic acids is 1. The van der Waals surface area contributed by atoms with Gasteiger partial charge in [-0.25, -0.2) is 0 Å². The van der Waals surface area contributed by atoms with Gasteiger partial charge in [0.25, 0.3) is 5.91 Å². The van der Waals surface area contributed by atoms with Crippen LogP contribution in [0.25, 0.3) is 22.3 Å². The molecule has 6 heteroatoms. The zero-order valence-corrected chi connectivity index (χ0v) is 20.2. The summed E-state index contributed by atoms with van der Waals surface area (Å²) >= 11 is 0. The molecule has 0 bridgehead atoms. The fraction of sp³-hybridized carbons (Fsp3) is 0.241. The van der Waals surface area contributed by atoms with Crippen LogP contribution in [0.1, 0.15) is 30.9 Å². The first-order valence-corrected chi connectivity index (χ1v) is 11.7.